The molecule has 6 N–H and O–H groups in total. The molecule has 0 aliphatic rings. The fourth-order valence-electron chi connectivity index (χ4n) is 2.88. The van der Waals surface area contributed by atoms with Gasteiger partial charge in [0.1, 0.15) is 18.8 Å². The van der Waals surface area contributed by atoms with E-state index in [0.717, 1.165) is 12.0 Å². The minimum atomic E-state index is -3.97. The third-order valence-electron chi connectivity index (χ3n) is 4.30. The molecule has 0 fully saturated rings. The molecule has 0 saturated carbocycles. The largest absolute Gasteiger partial charge is 0.391 e. The molecule has 0 aliphatic heterocycles. The Kier molecular flexibility index (Phi) is 11.6. The standard InChI is InChI=1S/C20H28N6O5S.CH4.FH/c1-3-5-15-8-9-17(25-32(29,30)16-7-4-6-14(2)12-16)19(28)26(15)13-18(27)23-10-11-31-24-20(21)22;;/h4,6-9,12,25H,3,5,10-11,13H2,1-2H3,(H,23,27)(H4,21,22,24);1H4;1H/i/hT. The summed E-state index contributed by atoms with van der Waals surface area (Å²) in [4.78, 5) is 30.2. The zero-order valence-corrected chi connectivity index (χ0v) is 19.2. The maximum Gasteiger partial charge on any atom is 0.275 e. The Labute approximate surface area is 200 Å². The van der Waals surface area contributed by atoms with Gasteiger partial charge in [-0.2, -0.15) is 0 Å². The van der Waals surface area contributed by atoms with Gasteiger partial charge in [0.25, 0.3) is 17.0 Å². The summed E-state index contributed by atoms with van der Waals surface area (Å²) >= 11 is 0. The molecule has 1 aromatic carbocycles. The van der Waals surface area contributed by atoms with Crippen LogP contribution in [0.4, 0.5) is 10.4 Å². The fraction of sp³-hybridized carbons (Fsp3) is 0.381. The first kappa shape index (κ1) is 28.4. The van der Waals surface area contributed by atoms with Gasteiger partial charge < -0.3 is 26.2 Å². The van der Waals surface area contributed by atoms with Crippen LogP contribution in [0, 0.1) is 6.92 Å². The summed E-state index contributed by atoms with van der Waals surface area (Å²) in [7, 11) is -3.97. The molecule has 0 bridgehead atoms. The Morgan fingerprint density at radius 1 is 1.26 bits per heavy atom. The van der Waals surface area contributed by atoms with E-state index < -0.39 is 21.5 Å². The molecule has 0 unspecified atom stereocenters. The van der Waals surface area contributed by atoms with Crippen molar-refractivity contribution in [2.45, 2.75) is 45.6 Å². The van der Waals surface area contributed by atoms with Gasteiger partial charge in [-0.25, -0.2) is 8.42 Å². The normalized spacial score (nSPS) is 10.5. The van der Waals surface area contributed by atoms with Gasteiger partial charge in [-0.3, -0.25) is 19.0 Å². The Balaban J connectivity index is 0.00000375. The summed E-state index contributed by atoms with van der Waals surface area (Å²) < 4.78 is 42.0. The lowest BCUT2D eigenvalue weighted by molar-refractivity contribution is -0.122. The molecule has 0 atom stereocenters. The van der Waals surface area contributed by atoms with Crippen LogP contribution in [-0.4, -0.2) is 39.5 Å². The molecule has 34 heavy (non-hydrogen) atoms. The van der Waals surface area contributed by atoms with Crippen LogP contribution in [0.25, 0.3) is 0 Å². The van der Waals surface area contributed by atoms with E-state index in [9.17, 15) is 18.0 Å². The molecule has 2 aromatic rings. The van der Waals surface area contributed by atoms with Crippen molar-refractivity contribution in [2.24, 2.45) is 16.6 Å². The van der Waals surface area contributed by atoms with Crippen LogP contribution in [0.2, 0.25) is 0 Å². The second-order valence-corrected chi connectivity index (χ2v) is 8.68. The third kappa shape index (κ3) is 8.73. The molecule has 1 amide bonds. The number of nitrogens with two attached hydrogens (primary N) is 2. The SMILES string of the molecule is C.CCCc1ccc(NS(=O)(=O)c2cccc(C)c2)c(=O)n1CC(=O)NCCON=C(N)N.[3H]F. The van der Waals surface area contributed by atoms with Gasteiger partial charge >= 0.3 is 0 Å². The number of amides is 1. The van der Waals surface area contributed by atoms with Gasteiger partial charge in [-0.05, 0) is 48.3 Å². The number of nitrogens with zero attached hydrogens (tertiary/aromatic N) is 2. The zero-order chi connectivity index (χ0) is 25.7. The first-order valence-corrected chi connectivity index (χ1v) is 11.4. The fourth-order valence-corrected chi connectivity index (χ4v) is 4.05. The van der Waals surface area contributed by atoms with E-state index in [2.05, 4.69) is 16.6 Å². The lowest BCUT2D eigenvalue weighted by Gasteiger charge is -2.15. The highest BCUT2D eigenvalue weighted by molar-refractivity contribution is 7.92. The van der Waals surface area contributed by atoms with Gasteiger partial charge in [-0.1, -0.05) is 32.9 Å². The topological polar surface area (TPSA) is 171 Å². The van der Waals surface area contributed by atoms with Crippen LogP contribution in [0.5, 0.6) is 0 Å². The Bertz CT molecular complexity index is 1150. The number of hydrogen-bond acceptors (Lipinski definition) is 6. The van der Waals surface area contributed by atoms with Gasteiger partial charge in [-0.15, -0.1) is 0 Å². The number of carbonyl (C=O) groups excluding carboxylic acids is 1. The van der Waals surface area contributed by atoms with Crippen molar-refractivity contribution >= 4 is 27.6 Å². The predicted octanol–water partition coefficient (Wildman–Crippen LogP) is 1.02. The van der Waals surface area contributed by atoms with Crippen molar-refractivity contribution in [1.82, 2.24) is 9.88 Å². The number of hydrogen-bond donors (Lipinski definition) is 4. The molecule has 13 heteroatoms. The summed E-state index contributed by atoms with van der Waals surface area (Å²) in [6.07, 6.45) is 1.28. The van der Waals surface area contributed by atoms with E-state index in [1.165, 1.54) is 22.8 Å². The number of guanidine groups is 1. The number of carbonyl (C=O) groups is 1. The summed E-state index contributed by atoms with van der Waals surface area (Å²) in [6, 6.07) is 9.38. The molecule has 0 radical (unpaired) electrons. The van der Waals surface area contributed by atoms with E-state index in [1.54, 1.807) is 25.1 Å². The Hall–Kier alpha value is -3.61. The highest BCUT2D eigenvalue weighted by atomic mass is 32.2. The smallest absolute Gasteiger partial charge is 0.275 e. The molecule has 190 valence electrons. The summed E-state index contributed by atoms with van der Waals surface area (Å²) in [5, 5.41) is 5.92. The van der Waals surface area contributed by atoms with E-state index in [4.69, 9.17) is 21.0 Å². The average Bonchev–Trinajstić information content (AvgIpc) is 2.79. The van der Waals surface area contributed by atoms with E-state index in [-0.39, 0.29) is 43.7 Å². The molecule has 0 spiro atoms. The lowest BCUT2D eigenvalue weighted by atomic mass is 10.2. The molecule has 0 aliphatic carbocycles. The molecule has 11 nitrogen and oxygen atoms in total. The minimum Gasteiger partial charge on any atom is -0.391 e. The van der Waals surface area contributed by atoms with Crippen LogP contribution in [-0.2, 0) is 32.6 Å². The summed E-state index contributed by atoms with van der Waals surface area (Å²) in [5.41, 5.74) is 10.9. The molecular weight excluding hydrogens is 467 g/mol. The van der Waals surface area contributed by atoms with Crippen molar-refractivity contribution in [1.29, 1.82) is 1.45 Å². The van der Waals surface area contributed by atoms with Crippen molar-refractivity contribution in [3.8, 4) is 0 Å². The molecule has 1 aromatic heterocycles. The predicted molar refractivity (Wildman–Crippen MR) is 131 cm³/mol. The minimum absolute atomic E-state index is 0. The maximum atomic E-state index is 13.0. The third-order valence-corrected chi connectivity index (χ3v) is 5.67. The summed E-state index contributed by atoms with van der Waals surface area (Å²) in [6.45, 7) is 3.58. The van der Waals surface area contributed by atoms with Crippen LogP contribution < -0.4 is 27.1 Å². The Morgan fingerprint density at radius 3 is 2.59 bits per heavy atom. The number of anilines is 1. The summed E-state index contributed by atoms with van der Waals surface area (Å²) in [5.74, 6) is -0.687. The number of pyridine rings is 1. The van der Waals surface area contributed by atoms with Crippen LogP contribution in [0.15, 0.2) is 51.2 Å². The number of sulfonamides is 1. The maximum absolute atomic E-state index is 13.0. The Morgan fingerprint density at radius 2 is 1.97 bits per heavy atom. The molecular formula is C21H33FN6O5S. The monoisotopic (exact) mass is 502 g/mol. The number of oxime groups is 1. The second kappa shape index (κ2) is 13.8. The van der Waals surface area contributed by atoms with Gasteiger partial charge in [0.15, 0.2) is 0 Å². The average molecular weight is 503 g/mol. The van der Waals surface area contributed by atoms with Crippen molar-refractivity contribution < 1.29 is 22.8 Å². The van der Waals surface area contributed by atoms with E-state index >= 15 is 0 Å². The quantitative estimate of drug-likeness (QED) is 0.154. The van der Waals surface area contributed by atoms with Crippen molar-refractivity contribution in [2.75, 3.05) is 17.9 Å². The number of halogens is 1. The van der Waals surface area contributed by atoms with Crippen molar-refractivity contribution in [3.05, 3.63) is 58.0 Å². The van der Waals surface area contributed by atoms with Gasteiger partial charge in [0.2, 0.25) is 11.9 Å². The van der Waals surface area contributed by atoms with Gasteiger partial charge in [0, 0.05) is 5.69 Å². The highest BCUT2D eigenvalue weighted by Crippen LogP contribution is 2.15. The molecule has 2 rings (SSSR count). The highest BCUT2D eigenvalue weighted by Gasteiger charge is 2.18. The van der Waals surface area contributed by atoms with Crippen LogP contribution in [0.3, 0.4) is 0 Å². The number of nitrogens with one attached hydrogen (secondary N) is 2. The van der Waals surface area contributed by atoms with Crippen LogP contribution in [0.1, 0.15) is 32.0 Å². The first-order valence-electron chi connectivity index (χ1n) is 10.3. The second-order valence-electron chi connectivity index (χ2n) is 7.00. The van der Waals surface area contributed by atoms with E-state index in [1.807, 2.05) is 6.92 Å². The number of aromatic nitrogens is 1. The van der Waals surface area contributed by atoms with Crippen molar-refractivity contribution in [3.63, 3.8) is 0 Å². The number of benzene rings is 1. The van der Waals surface area contributed by atoms with E-state index in [0.29, 0.717) is 12.1 Å². The first-order chi connectivity index (χ1) is 16.1. The molecule has 1 heterocycles. The lowest BCUT2D eigenvalue weighted by Crippen LogP contribution is -2.36. The van der Waals surface area contributed by atoms with Gasteiger partial charge in [0.05, 0.1) is 11.4 Å². The van der Waals surface area contributed by atoms with Crippen LogP contribution >= 0.6 is 0 Å². The number of aryl methyl sites for hydroxylation is 2. The number of rotatable bonds is 11. The zero-order valence-electron chi connectivity index (χ0n) is 19.4. The molecule has 0 saturated heterocycles.